The average Bonchev–Trinajstić information content (AvgIpc) is 3.39. The number of benzene rings is 1. The molecule has 2 aromatic rings. The fraction of sp³-hybridized carbons (Fsp3) is 0.593. The maximum atomic E-state index is 11.8. The Labute approximate surface area is 212 Å². The second-order valence-electron chi connectivity index (χ2n) is 9.47. The van der Waals surface area contributed by atoms with Gasteiger partial charge in [-0.25, -0.2) is 4.98 Å². The molecule has 1 saturated heterocycles. The number of aryl methyl sites for hydroxylation is 2. The molecule has 2 fully saturated rings. The Morgan fingerprint density at radius 3 is 2.51 bits per heavy atom. The normalized spacial score (nSPS) is 22.9. The van der Waals surface area contributed by atoms with Crippen LogP contribution in [0.5, 0.6) is 0 Å². The Morgan fingerprint density at radius 2 is 1.89 bits per heavy atom. The summed E-state index contributed by atoms with van der Waals surface area (Å²) >= 11 is 0.882. The minimum Gasteiger partial charge on any atom is -0.441 e. The number of carbonyl (C=O) groups is 2. The number of amides is 2. The van der Waals surface area contributed by atoms with Crippen LogP contribution in [0.3, 0.4) is 0 Å². The third-order valence-electron chi connectivity index (χ3n) is 6.52. The lowest BCUT2D eigenvalue weighted by molar-refractivity contribution is -0.120. The van der Waals surface area contributed by atoms with Gasteiger partial charge < -0.3 is 14.3 Å². The van der Waals surface area contributed by atoms with Gasteiger partial charge in [0.15, 0.2) is 0 Å². The molecule has 4 unspecified atom stereocenters. The number of hydrogen-bond donors (Lipinski definition) is 2. The first-order chi connectivity index (χ1) is 16.8. The van der Waals surface area contributed by atoms with Crippen LogP contribution in [0, 0.1) is 19.8 Å². The molecule has 0 spiro atoms. The summed E-state index contributed by atoms with van der Waals surface area (Å²) in [7, 11) is 0. The van der Waals surface area contributed by atoms with E-state index in [1.54, 1.807) is 0 Å². The zero-order valence-electron chi connectivity index (χ0n) is 21.2. The van der Waals surface area contributed by atoms with E-state index >= 15 is 0 Å². The van der Waals surface area contributed by atoms with Gasteiger partial charge in [-0.3, -0.25) is 14.9 Å². The van der Waals surface area contributed by atoms with Crippen LogP contribution in [0.4, 0.5) is 4.79 Å². The first kappa shape index (κ1) is 27.4. The van der Waals surface area contributed by atoms with E-state index in [1.165, 1.54) is 18.4 Å². The molecule has 192 valence electrons. The average molecular weight is 503 g/mol. The van der Waals surface area contributed by atoms with Crippen molar-refractivity contribution in [2.45, 2.75) is 96.7 Å². The monoisotopic (exact) mass is 502 g/mol. The zero-order chi connectivity index (χ0) is 25.4. The highest BCUT2D eigenvalue weighted by atomic mass is 32.2. The minimum absolute atomic E-state index is 0.0802. The predicted molar refractivity (Wildman–Crippen MR) is 138 cm³/mol. The Kier molecular flexibility index (Phi) is 10.4. The molecule has 35 heavy (non-hydrogen) atoms. The van der Waals surface area contributed by atoms with Crippen molar-refractivity contribution in [3.63, 3.8) is 0 Å². The number of nitrogens with one attached hydrogen (secondary N) is 1. The number of aliphatic hydroxyl groups excluding tert-OH is 1. The summed E-state index contributed by atoms with van der Waals surface area (Å²) in [6, 6.07) is 8.06. The summed E-state index contributed by atoms with van der Waals surface area (Å²) in [6.07, 6.45) is 6.18. The summed E-state index contributed by atoms with van der Waals surface area (Å²) in [6.45, 7) is 8.69. The van der Waals surface area contributed by atoms with Crippen LogP contribution in [0.2, 0.25) is 0 Å². The number of hydrogen-bond acceptors (Lipinski definition) is 7. The number of unbranched alkanes of at least 4 members (excludes halogenated alkanes) is 1. The van der Waals surface area contributed by atoms with Crippen LogP contribution in [0.25, 0.3) is 11.5 Å². The van der Waals surface area contributed by atoms with Gasteiger partial charge in [-0.1, -0.05) is 57.2 Å². The van der Waals surface area contributed by atoms with Crippen molar-refractivity contribution < 1.29 is 23.8 Å². The standard InChI is InChI=1S/C23H28N2O5S.C4H10/c1-13-6-8-16(9-7-13)22-24-18(14(2)30-22)12-29-17-5-3-4-15(10-17)11-19(26)20-21(27)25-23(28)31-20;1-3-4-2/h6-9,15,17,19-20,26H,3-5,10-12H2,1-2H3,(H,25,27,28);3-4H2,1-2H3. The molecule has 1 saturated carbocycles. The molecule has 8 heteroatoms. The van der Waals surface area contributed by atoms with Gasteiger partial charge in [-0.2, -0.15) is 0 Å². The third-order valence-corrected chi connectivity index (χ3v) is 7.62. The maximum Gasteiger partial charge on any atom is 0.286 e. The Balaban J connectivity index is 0.000000795. The number of oxazole rings is 1. The number of rotatable bonds is 8. The minimum atomic E-state index is -0.824. The molecular weight excluding hydrogens is 464 g/mol. The lowest BCUT2D eigenvalue weighted by Crippen LogP contribution is -2.35. The highest BCUT2D eigenvalue weighted by molar-refractivity contribution is 8.15. The van der Waals surface area contributed by atoms with Crippen LogP contribution < -0.4 is 5.32 Å². The summed E-state index contributed by atoms with van der Waals surface area (Å²) < 4.78 is 12.0. The maximum absolute atomic E-state index is 11.8. The van der Waals surface area contributed by atoms with Gasteiger partial charge in [0.2, 0.25) is 11.8 Å². The molecule has 1 aromatic carbocycles. The first-order valence-electron chi connectivity index (χ1n) is 12.6. The number of imide groups is 1. The number of thioether (sulfide) groups is 1. The molecule has 1 aromatic heterocycles. The predicted octanol–water partition coefficient (Wildman–Crippen LogP) is 5.94. The molecule has 4 atom stereocenters. The fourth-order valence-corrected chi connectivity index (χ4v) is 5.10. The van der Waals surface area contributed by atoms with E-state index in [-0.39, 0.29) is 17.3 Å². The van der Waals surface area contributed by atoms with E-state index in [0.29, 0.717) is 18.9 Å². The van der Waals surface area contributed by atoms with Crippen LogP contribution in [0.15, 0.2) is 28.7 Å². The van der Waals surface area contributed by atoms with Crippen LogP contribution in [-0.4, -0.2) is 38.7 Å². The number of aliphatic hydroxyl groups is 1. The third kappa shape index (κ3) is 7.92. The summed E-state index contributed by atoms with van der Waals surface area (Å²) in [5, 5.41) is 11.6. The molecule has 2 amide bonds. The van der Waals surface area contributed by atoms with Crippen molar-refractivity contribution in [3.8, 4) is 11.5 Å². The van der Waals surface area contributed by atoms with Crippen molar-refractivity contribution in [2.24, 2.45) is 5.92 Å². The highest BCUT2D eigenvalue weighted by Gasteiger charge is 2.38. The lowest BCUT2D eigenvalue weighted by Gasteiger charge is -2.31. The van der Waals surface area contributed by atoms with Crippen molar-refractivity contribution in [1.82, 2.24) is 10.3 Å². The molecule has 2 heterocycles. The number of ether oxygens (including phenoxy) is 1. The van der Waals surface area contributed by atoms with Crippen molar-refractivity contribution in [1.29, 1.82) is 0 Å². The highest BCUT2D eigenvalue weighted by Crippen LogP contribution is 2.33. The van der Waals surface area contributed by atoms with Crippen molar-refractivity contribution >= 4 is 22.9 Å². The number of nitrogens with zero attached hydrogens (tertiary/aromatic N) is 1. The van der Waals surface area contributed by atoms with Gasteiger partial charge in [0.25, 0.3) is 5.24 Å². The Morgan fingerprint density at radius 1 is 1.17 bits per heavy atom. The molecule has 7 nitrogen and oxygen atoms in total. The Hall–Kier alpha value is -2.16. The smallest absolute Gasteiger partial charge is 0.286 e. The van der Waals surface area contributed by atoms with E-state index in [0.717, 1.165) is 54.5 Å². The van der Waals surface area contributed by atoms with Gasteiger partial charge >= 0.3 is 0 Å². The molecular formula is C27H38N2O5S. The molecule has 0 radical (unpaired) electrons. The van der Waals surface area contributed by atoms with Crippen LogP contribution in [0.1, 0.15) is 75.8 Å². The van der Waals surface area contributed by atoms with Gasteiger partial charge in [0.05, 0.1) is 18.8 Å². The Bertz CT molecular complexity index is 972. The molecule has 1 aliphatic heterocycles. The van der Waals surface area contributed by atoms with E-state index < -0.39 is 17.3 Å². The van der Waals surface area contributed by atoms with E-state index in [2.05, 4.69) is 24.1 Å². The second-order valence-corrected chi connectivity index (χ2v) is 10.6. The summed E-state index contributed by atoms with van der Waals surface area (Å²) in [5.74, 6) is 1.23. The van der Waals surface area contributed by atoms with Gasteiger partial charge in [0, 0.05) is 5.56 Å². The van der Waals surface area contributed by atoms with E-state index in [9.17, 15) is 14.7 Å². The van der Waals surface area contributed by atoms with Gasteiger partial charge in [-0.15, -0.1) is 0 Å². The quantitative estimate of drug-likeness (QED) is 0.460. The molecule has 2 aliphatic rings. The van der Waals surface area contributed by atoms with Crippen molar-refractivity contribution in [3.05, 3.63) is 41.3 Å². The largest absolute Gasteiger partial charge is 0.441 e. The SMILES string of the molecule is CCCC.Cc1ccc(-c2nc(COC3CCCC(CC(O)C4SC(=O)NC4=O)C3)c(C)o2)cc1. The zero-order valence-corrected chi connectivity index (χ0v) is 22.0. The summed E-state index contributed by atoms with van der Waals surface area (Å²) in [4.78, 5) is 27.8. The van der Waals surface area contributed by atoms with E-state index in [1.807, 2.05) is 38.1 Å². The topological polar surface area (TPSA) is 102 Å². The molecule has 1 aliphatic carbocycles. The molecule has 0 bridgehead atoms. The van der Waals surface area contributed by atoms with E-state index in [4.69, 9.17) is 9.15 Å². The molecule has 4 rings (SSSR count). The van der Waals surface area contributed by atoms with Crippen LogP contribution in [-0.2, 0) is 16.1 Å². The van der Waals surface area contributed by atoms with Crippen LogP contribution >= 0.6 is 11.8 Å². The first-order valence-corrected chi connectivity index (χ1v) is 13.5. The molecule has 2 N–H and O–H groups in total. The van der Waals surface area contributed by atoms with Crippen molar-refractivity contribution in [2.75, 3.05) is 0 Å². The fourth-order valence-electron chi connectivity index (χ4n) is 4.27. The summed E-state index contributed by atoms with van der Waals surface area (Å²) in [5.41, 5.74) is 2.93. The second kappa shape index (κ2) is 13.2. The lowest BCUT2D eigenvalue weighted by atomic mass is 9.83. The number of aromatic nitrogens is 1. The van der Waals surface area contributed by atoms with Gasteiger partial charge in [-0.05, 0) is 62.9 Å². The van der Waals surface area contributed by atoms with Gasteiger partial charge in [0.1, 0.15) is 16.7 Å². The number of carbonyl (C=O) groups excluding carboxylic acids is 2.